The summed E-state index contributed by atoms with van der Waals surface area (Å²) in [5.74, 6) is 2.09. The Kier molecular flexibility index (Phi) is 4.40. The zero-order valence-electron chi connectivity index (χ0n) is 15.9. The minimum atomic E-state index is 0.680. The van der Waals surface area contributed by atoms with Crippen LogP contribution in [0.3, 0.4) is 0 Å². The fourth-order valence-corrected chi connectivity index (χ4v) is 6.75. The predicted molar refractivity (Wildman–Crippen MR) is 95.1 cm³/mol. The molecule has 4 saturated carbocycles. The van der Waals surface area contributed by atoms with Gasteiger partial charge in [0.2, 0.25) is 0 Å². The summed E-state index contributed by atoms with van der Waals surface area (Å²) < 4.78 is 0. The molecule has 2 atom stereocenters. The molecule has 2 heteroatoms. The Morgan fingerprint density at radius 3 is 1.45 bits per heavy atom. The van der Waals surface area contributed by atoms with Gasteiger partial charge in [0.25, 0.3) is 0 Å². The summed E-state index contributed by atoms with van der Waals surface area (Å²) in [6.45, 7) is 4.88. The van der Waals surface area contributed by atoms with Gasteiger partial charge in [-0.05, 0) is 116 Å². The lowest BCUT2D eigenvalue weighted by molar-refractivity contribution is -0.128. The molecular formula is C20H38N2. The molecule has 0 aliphatic heterocycles. The molecule has 0 amide bonds. The van der Waals surface area contributed by atoms with Gasteiger partial charge in [-0.1, -0.05) is 0 Å². The summed E-state index contributed by atoms with van der Waals surface area (Å²) >= 11 is 0. The molecule has 0 spiro atoms. The first-order valence-corrected chi connectivity index (χ1v) is 9.55. The van der Waals surface area contributed by atoms with Gasteiger partial charge in [0.15, 0.2) is 0 Å². The third-order valence-electron chi connectivity index (χ3n) is 7.52. The van der Waals surface area contributed by atoms with Crippen molar-refractivity contribution >= 4 is 0 Å². The molecule has 128 valence electrons. The van der Waals surface area contributed by atoms with Crippen LogP contribution >= 0.6 is 0 Å². The van der Waals surface area contributed by atoms with Crippen molar-refractivity contribution in [3.05, 3.63) is 0 Å². The summed E-state index contributed by atoms with van der Waals surface area (Å²) in [6, 6.07) is 1.47. The van der Waals surface area contributed by atoms with Gasteiger partial charge in [0.05, 0.1) is 0 Å². The van der Waals surface area contributed by atoms with Crippen LogP contribution in [0.4, 0.5) is 0 Å². The second-order valence-electron chi connectivity index (χ2n) is 9.99. The molecule has 0 aromatic carbocycles. The fourth-order valence-electron chi connectivity index (χ4n) is 6.75. The summed E-state index contributed by atoms with van der Waals surface area (Å²) in [6.07, 6.45) is 12.1. The molecule has 22 heavy (non-hydrogen) atoms. The van der Waals surface area contributed by atoms with Crippen molar-refractivity contribution in [1.82, 2.24) is 9.80 Å². The van der Waals surface area contributed by atoms with Crippen LogP contribution < -0.4 is 0 Å². The summed E-state index contributed by atoms with van der Waals surface area (Å²) in [5, 5.41) is 0. The molecule has 4 fully saturated rings. The van der Waals surface area contributed by atoms with Gasteiger partial charge in [-0.2, -0.15) is 0 Å². The van der Waals surface area contributed by atoms with Crippen LogP contribution in [0.2, 0.25) is 0 Å². The maximum absolute atomic E-state index is 2.44. The van der Waals surface area contributed by atoms with Gasteiger partial charge in [-0.15, -0.1) is 0 Å². The average Bonchev–Trinajstić information content (AvgIpc) is 2.35. The first-order valence-electron chi connectivity index (χ1n) is 9.55. The minimum absolute atomic E-state index is 0.680. The molecule has 4 aliphatic carbocycles. The van der Waals surface area contributed by atoms with Crippen molar-refractivity contribution in [3.63, 3.8) is 0 Å². The Balaban J connectivity index is 1.77. The van der Waals surface area contributed by atoms with E-state index >= 15 is 0 Å². The molecule has 4 aliphatic rings. The topological polar surface area (TPSA) is 6.48 Å². The third kappa shape index (κ3) is 3.11. The standard InChI is InChI=1S/C20H38N2/c1-15(21(3)4)8-19-10-17-7-18(11-19)13-20(12-17,14-19)9-16(2)22(5)6/h15-18H,7-14H2,1-6H3. The second-order valence-corrected chi connectivity index (χ2v) is 9.99. The van der Waals surface area contributed by atoms with Crippen molar-refractivity contribution in [2.45, 2.75) is 77.3 Å². The minimum Gasteiger partial charge on any atom is -0.307 e. The largest absolute Gasteiger partial charge is 0.307 e. The first-order chi connectivity index (χ1) is 10.2. The van der Waals surface area contributed by atoms with E-state index in [1.807, 2.05) is 0 Å². The summed E-state index contributed by atoms with van der Waals surface area (Å²) in [4.78, 5) is 4.88. The number of hydrogen-bond donors (Lipinski definition) is 0. The molecule has 0 aromatic rings. The lowest BCUT2D eigenvalue weighted by Gasteiger charge is -2.64. The van der Waals surface area contributed by atoms with E-state index in [9.17, 15) is 0 Å². The molecule has 0 N–H and O–H groups in total. The van der Waals surface area contributed by atoms with E-state index in [1.165, 1.54) is 19.3 Å². The Morgan fingerprint density at radius 1 is 0.773 bits per heavy atom. The number of nitrogens with zero attached hydrogens (tertiary/aromatic N) is 2. The molecule has 4 bridgehead atoms. The Hall–Kier alpha value is -0.0800. The van der Waals surface area contributed by atoms with Crippen LogP contribution in [-0.4, -0.2) is 50.1 Å². The van der Waals surface area contributed by atoms with E-state index in [0.717, 1.165) is 23.9 Å². The van der Waals surface area contributed by atoms with Gasteiger partial charge in [0.1, 0.15) is 0 Å². The second kappa shape index (κ2) is 5.77. The van der Waals surface area contributed by atoms with Crippen molar-refractivity contribution in [1.29, 1.82) is 0 Å². The third-order valence-corrected chi connectivity index (χ3v) is 7.52. The molecule has 4 rings (SSSR count). The van der Waals surface area contributed by atoms with Gasteiger partial charge < -0.3 is 9.80 Å². The summed E-state index contributed by atoms with van der Waals surface area (Å²) in [5.41, 5.74) is 1.36. The molecule has 0 heterocycles. The number of hydrogen-bond acceptors (Lipinski definition) is 2. The molecule has 0 saturated heterocycles. The van der Waals surface area contributed by atoms with Crippen LogP contribution in [0.1, 0.15) is 65.2 Å². The average molecular weight is 307 g/mol. The van der Waals surface area contributed by atoms with Gasteiger partial charge >= 0.3 is 0 Å². The van der Waals surface area contributed by atoms with Crippen LogP contribution in [-0.2, 0) is 0 Å². The highest BCUT2D eigenvalue weighted by Gasteiger charge is 2.57. The van der Waals surface area contributed by atoms with E-state index < -0.39 is 0 Å². The molecular weight excluding hydrogens is 268 g/mol. The van der Waals surface area contributed by atoms with Crippen LogP contribution in [0.15, 0.2) is 0 Å². The first kappa shape index (κ1) is 16.8. The van der Waals surface area contributed by atoms with Crippen LogP contribution in [0.5, 0.6) is 0 Å². The molecule has 0 radical (unpaired) electrons. The SMILES string of the molecule is CC(CC12CC3CC(C1)CC(CC(C)N(C)C)(C3)C2)N(C)C. The zero-order valence-corrected chi connectivity index (χ0v) is 15.9. The predicted octanol–water partition coefficient (Wildman–Crippen LogP) is 4.25. The fraction of sp³-hybridized carbons (Fsp3) is 1.00. The van der Waals surface area contributed by atoms with Crippen molar-refractivity contribution in [3.8, 4) is 0 Å². The molecule has 0 aromatic heterocycles. The van der Waals surface area contributed by atoms with Crippen molar-refractivity contribution < 1.29 is 0 Å². The highest BCUT2D eigenvalue weighted by molar-refractivity contribution is 5.08. The van der Waals surface area contributed by atoms with E-state index in [0.29, 0.717) is 10.8 Å². The number of rotatable bonds is 6. The Bertz CT molecular complexity index is 353. The van der Waals surface area contributed by atoms with Gasteiger partial charge in [-0.3, -0.25) is 0 Å². The van der Waals surface area contributed by atoms with E-state index in [2.05, 4.69) is 51.8 Å². The highest BCUT2D eigenvalue weighted by Crippen LogP contribution is 2.67. The van der Waals surface area contributed by atoms with Crippen molar-refractivity contribution in [2.75, 3.05) is 28.2 Å². The normalized spacial score (nSPS) is 43.1. The maximum atomic E-state index is 2.44. The zero-order chi connectivity index (χ0) is 16.1. The molecule has 2 nitrogen and oxygen atoms in total. The van der Waals surface area contributed by atoms with Crippen LogP contribution in [0, 0.1) is 22.7 Å². The lowest BCUT2D eigenvalue weighted by atomic mass is 9.42. The quantitative estimate of drug-likeness (QED) is 0.723. The monoisotopic (exact) mass is 306 g/mol. The van der Waals surface area contributed by atoms with Crippen LogP contribution in [0.25, 0.3) is 0 Å². The van der Waals surface area contributed by atoms with Gasteiger partial charge in [0, 0.05) is 12.1 Å². The van der Waals surface area contributed by atoms with Crippen molar-refractivity contribution in [2.24, 2.45) is 22.7 Å². The summed E-state index contributed by atoms with van der Waals surface area (Å²) in [7, 11) is 9.04. The maximum Gasteiger partial charge on any atom is 0.00661 e. The van der Waals surface area contributed by atoms with E-state index in [-0.39, 0.29) is 0 Å². The highest BCUT2D eigenvalue weighted by atomic mass is 15.1. The van der Waals surface area contributed by atoms with Gasteiger partial charge in [-0.25, -0.2) is 0 Å². The smallest absolute Gasteiger partial charge is 0.00661 e. The molecule has 2 unspecified atom stereocenters. The Labute approximate surface area is 138 Å². The van der Waals surface area contributed by atoms with E-state index in [4.69, 9.17) is 0 Å². The van der Waals surface area contributed by atoms with E-state index in [1.54, 1.807) is 32.1 Å². The lowest BCUT2D eigenvalue weighted by Crippen LogP contribution is -2.54. The Morgan fingerprint density at radius 2 is 1.14 bits per heavy atom.